The molecule has 0 amide bonds. The maximum Gasteiger partial charge on any atom is 0.389 e. The first kappa shape index (κ1) is 22.5. The molecule has 2 aromatic carbocycles. The Labute approximate surface area is 169 Å². The molecule has 0 aliphatic rings. The number of aliphatic hydroxyl groups is 2. The van der Waals surface area contributed by atoms with Gasteiger partial charge in [-0.05, 0) is 38.1 Å². The average molecular weight is 418 g/mol. The highest BCUT2D eigenvalue weighted by molar-refractivity contribution is 5.97. The Balaban J connectivity index is 2.42. The Morgan fingerprint density at radius 1 is 0.633 bits per heavy atom. The molecule has 2 unspecified atom stereocenters. The minimum atomic E-state index is -4.17. The minimum Gasteiger partial charge on any atom is -0.476 e. The quantitative estimate of drug-likeness (QED) is 0.374. The molecule has 0 aromatic heterocycles. The Morgan fingerprint density at radius 3 is 1.13 bits per heavy atom. The van der Waals surface area contributed by atoms with E-state index < -0.39 is 35.5 Å². The van der Waals surface area contributed by atoms with Crippen LogP contribution < -0.4 is 0 Å². The maximum absolute atomic E-state index is 12.2. The van der Waals surface area contributed by atoms with E-state index in [1.54, 1.807) is 13.8 Å². The van der Waals surface area contributed by atoms with Crippen LogP contribution in [0.15, 0.2) is 48.5 Å². The molecule has 4 N–H and O–H groups in total. The van der Waals surface area contributed by atoms with Crippen molar-refractivity contribution in [3.63, 3.8) is 0 Å². The average Bonchev–Trinajstić information content (AvgIpc) is 2.68. The van der Waals surface area contributed by atoms with Gasteiger partial charge < -0.3 is 29.9 Å². The van der Waals surface area contributed by atoms with Gasteiger partial charge in [0, 0.05) is 0 Å². The van der Waals surface area contributed by atoms with Gasteiger partial charge in [-0.25, -0.2) is 19.2 Å². The summed E-state index contributed by atoms with van der Waals surface area (Å²) in [6.07, 6.45) is 0. The van der Waals surface area contributed by atoms with Crippen LogP contribution in [0.3, 0.4) is 0 Å². The molecule has 0 fully saturated rings. The van der Waals surface area contributed by atoms with Crippen LogP contribution in [0.4, 0.5) is 0 Å². The Bertz CT molecular complexity index is 898. The fourth-order valence-corrected chi connectivity index (χ4v) is 2.28. The summed E-state index contributed by atoms with van der Waals surface area (Å²) in [6, 6.07) is 10.8. The van der Waals surface area contributed by atoms with E-state index in [0.717, 1.165) is 11.1 Å². The summed E-state index contributed by atoms with van der Waals surface area (Å²) in [4.78, 5) is 47.7. The SMILES string of the molecule is Cc1ccc(C(=O)OC(O)(C(=O)O)C(O)(OC(=O)c2ccc(C)cc2)C(=O)O)cc1. The Morgan fingerprint density at radius 2 is 0.900 bits per heavy atom. The van der Waals surface area contributed by atoms with Crippen LogP contribution in [0.25, 0.3) is 0 Å². The summed E-state index contributed by atoms with van der Waals surface area (Å²) in [5.74, 6) is -16.3. The van der Waals surface area contributed by atoms with Crippen molar-refractivity contribution in [2.75, 3.05) is 0 Å². The molecule has 10 nitrogen and oxygen atoms in total. The predicted octanol–water partition coefficient (Wildman–Crippen LogP) is 0.864. The molecule has 10 heteroatoms. The summed E-state index contributed by atoms with van der Waals surface area (Å²) >= 11 is 0. The lowest BCUT2D eigenvalue weighted by Crippen LogP contribution is -2.67. The third-order valence-corrected chi connectivity index (χ3v) is 4.09. The first-order chi connectivity index (χ1) is 13.9. The monoisotopic (exact) mass is 418 g/mol. The van der Waals surface area contributed by atoms with Crippen LogP contribution in [0.5, 0.6) is 0 Å². The molecular weight excluding hydrogens is 400 g/mol. The number of esters is 2. The number of carbonyl (C=O) groups excluding carboxylic acids is 2. The van der Waals surface area contributed by atoms with Crippen molar-refractivity contribution in [3.8, 4) is 0 Å². The number of hydrogen-bond donors (Lipinski definition) is 4. The van der Waals surface area contributed by atoms with Crippen LogP contribution in [0.2, 0.25) is 0 Å². The van der Waals surface area contributed by atoms with Gasteiger partial charge in [-0.3, -0.25) is 0 Å². The third-order valence-electron chi connectivity index (χ3n) is 4.09. The molecule has 0 bridgehead atoms. The van der Waals surface area contributed by atoms with Crippen LogP contribution in [-0.4, -0.2) is 55.9 Å². The second kappa shape index (κ2) is 8.31. The van der Waals surface area contributed by atoms with Gasteiger partial charge in [0.1, 0.15) is 0 Å². The van der Waals surface area contributed by atoms with Crippen molar-refractivity contribution >= 4 is 23.9 Å². The smallest absolute Gasteiger partial charge is 0.389 e. The molecule has 0 saturated carbocycles. The summed E-state index contributed by atoms with van der Waals surface area (Å²) in [6.45, 7) is 3.41. The largest absolute Gasteiger partial charge is 0.476 e. The molecule has 158 valence electrons. The van der Waals surface area contributed by atoms with Crippen LogP contribution >= 0.6 is 0 Å². The van der Waals surface area contributed by atoms with E-state index in [4.69, 9.17) is 0 Å². The van der Waals surface area contributed by atoms with Crippen molar-refractivity contribution in [3.05, 3.63) is 70.8 Å². The predicted molar refractivity (Wildman–Crippen MR) is 98.4 cm³/mol. The lowest BCUT2D eigenvalue weighted by Gasteiger charge is -2.34. The van der Waals surface area contributed by atoms with Gasteiger partial charge in [-0.1, -0.05) is 35.4 Å². The number of aryl methyl sites for hydroxylation is 2. The zero-order valence-corrected chi connectivity index (χ0v) is 15.9. The molecule has 0 aliphatic heterocycles. The molecule has 2 atom stereocenters. The van der Waals surface area contributed by atoms with E-state index in [1.807, 2.05) is 0 Å². The minimum absolute atomic E-state index is 0.252. The van der Waals surface area contributed by atoms with E-state index in [9.17, 15) is 39.6 Å². The number of benzene rings is 2. The number of carboxylic acids is 2. The molecular formula is C20H18O10. The van der Waals surface area contributed by atoms with Crippen molar-refractivity contribution in [2.45, 2.75) is 25.4 Å². The van der Waals surface area contributed by atoms with Crippen molar-refractivity contribution < 1.29 is 49.1 Å². The van der Waals surface area contributed by atoms with Crippen molar-refractivity contribution in [2.24, 2.45) is 0 Å². The van der Waals surface area contributed by atoms with Gasteiger partial charge in [0.15, 0.2) is 0 Å². The fraction of sp³-hybridized carbons (Fsp3) is 0.200. The molecule has 0 heterocycles. The van der Waals surface area contributed by atoms with Crippen molar-refractivity contribution in [1.82, 2.24) is 0 Å². The second-order valence-electron chi connectivity index (χ2n) is 6.41. The molecule has 30 heavy (non-hydrogen) atoms. The first-order valence-corrected chi connectivity index (χ1v) is 8.42. The van der Waals surface area contributed by atoms with Crippen LogP contribution in [0, 0.1) is 13.8 Å². The topological polar surface area (TPSA) is 168 Å². The van der Waals surface area contributed by atoms with Gasteiger partial charge in [0.05, 0.1) is 11.1 Å². The standard InChI is InChI=1S/C20H18O10/c1-11-3-7-13(8-4-11)15(21)29-19(27,17(23)24)20(28,18(25)26)30-16(22)14-9-5-12(2)6-10-14/h3-10,27-28H,1-2H3,(H,23,24)(H,25,26). The van der Waals surface area contributed by atoms with E-state index in [1.165, 1.54) is 48.5 Å². The van der Waals surface area contributed by atoms with Crippen LogP contribution in [-0.2, 0) is 19.1 Å². The molecule has 0 radical (unpaired) electrons. The second-order valence-corrected chi connectivity index (χ2v) is 6.41. The van der Waals surface area contributed by atoms with Gasteiger partial charge in [-0.15, -0.1) is 0 Å². The number of carboxylic acid groups (broad SMARTS) is 2. The maximum atomic E-state index is 12.2. The summed E-state index contributed by atoms with van der Waals surface area (Å²) in [5.41, 5.74) is 0.985. The molecule has 2 aromatic rings. The van der Waals surface area contributed by atoms with E-state index in [0.29, 0.717) is 0 Å². The van der Waals surface area contributed by atoms with Gasteiger partial charge in [0.25, 0.3) is 0 Å². The molecule has 0 aliphatic carbocycles. The summed E-state index contributed by atoms with van der Waals surface area (Å²) in [5, 5.41) is 39.4. The summed E-state index contributed by atoms with van der Waals surface area (Å²) < 4.78 is 8.83. The summed E-state index contributed by atoms with van der Waals surface area (Å²) in [7, 11) is 0. The van der Waals surface area contributed by atoms with Gasteiger partial charge in [-0.2, -0.15) is 0 Å². The zero-order chi connectivity index (χ0) is 22.7. The third kappa shape index (κ3) is 4.29. The normalized spacial score (nSPS) is 14.7. The lowest BCUT2D eigenvalue weighted by molar-refractivity contribution is -0.328. The van der Waals surface area contributed by atoms with Crippen molar-refractivity contribution in [1.29, 1.82) is 0 Å². The molecule has 0 spiro atoms. The van der Waals surface area contributed by atoms with Gasteiger partial charge in [0.2, 0.25) is 0 Å². The highest BCUT2D eigenvalue weighted by Gasteiger charge is 2.68. The van der Waals surface area contributed by atoms with Crippen LogP contribution in [0.1, 0.15) is 31.8 Å². The zero-order valence-electron chi connectivity index (χ0n) is 15.9. The van der Waals surface area contributed by atoms with E-state index >= 15 is 0 Å². The Hall–Kier alpha value is -3.76. The molecule has 2 rings (SSSR count). The lowest BCUT2D eigenvalue weighted by atomic mass is 10.0. The van der Waals surface area contributed by atoms with Gasteiger partial charge >= 0.3 is 35.5 Å². The number of aliphatic carboxylic acids is 2. The number of rotatable bonds is 7. The molecule has 0 saturated heterocycles. The number of carbonyl (C=O) groups is 4. The first-order valence-electron chi connectivity index (χ1n) is 8.42. The fourth-order valence-electron chi connectivity index (χ4n) is 2.28. The number of hydrogen-bond acceptors (Lipinski definition) is 8. The van der Waals surface area contributed by atoms with E-state index in [2.05, 4.69) is 9.47 Å². The highest BCUT2D eigenvalue weighted by Crippen LogP contribution is 2.29. The highest BCUT2D eigenvalue weighted by atomic mass is 16.8. The Kier molecular flexibility index (Phi) is 6.24. The number of ether oxygens (including phenoxy) is 2. The van der Waals surface area contributed by atoms with E-state index in [-0.39, 0.29) is 11.1 Å².